The molecule has 0 unspecified atom stereocenters. The van der Waals surface area contributed by atoms with E-state index in [1.807, 2.05) is 0 Å². The van der Waals surface area contributed by atoms with Gasteiger partial charge in [0.1, 0.15) is 5.82 Å². The van der Waals surface area contributed by atoms with Crippen molar-refractivity contribution in [3.63, 3.8) is 0 Å². The highest BCUT2D eigenvalue weighted by atomic mass is 32.1. The smallest absolute Gasteiger partial charge is 0.358 e. The van der Waals surface area contributed by atoms with Gasteiger partial charge in [-0.2, -0.15) is 0 Å². The summed E-state index contributed by atoms with van der Waals surface area (Å²) in [5.41, 5.74) is 0.927. The molecule has 1 amide bonds. The number of benzene rings is 1. The van der Waals surface area contributed by atoms with Crippen molar-refractivity contribution in [2.75, 3.05) is 18.5 Å². The number of esters is 1. The molecule has 140 valence electrons. The summed E-state index contributed by atoms with van der Waals surface area (Å²) in [6.07, 6.45) is 1.01. The van der Waals surface area contributed by atoms with E-state index in [1.54, 1.807) is 17.5 Å². The molecule has 0 radical (unpaired) electrons. The van der Waals surface area contributed by atoms with Crippen LogP contribution in [0, 0.1) is 11.7 Å². The summed E-state index contributed by atoms with van der Waals surface area (Å²) in [5, 5.41) is 8.00. The van der Waals surface area contributed by atoms with Gasteiger partial charge < -0.3 is 15.4 Å². The molecule has 0 aliphatic carbocycles. The topological polar surface area (TPSA) is 80.3 Å². The van der Waals surface area contributed by atoms with Gasteiger partial charge in [0.2, 0.25) is 0 Å². The van der Waals surface area contributed by atoms with Gasteiger partial charge >= 0.3 is 5.97 Å². The predicted octanol–water partition coefficient (Wildman–Crippen LogP) is 3.21. The van der Waals surface area contributed by atoms with Gasteiger partial charge in [-0.25, -0.2) is 14.2 Å². The van der Waals surface area contributed by atoms with Crippen LogP contribution in [0.4, 0.5) is 9.52 Å². The van der Waals surface area contributed by atoms with Gasteiger partial charge in [-0.15, -0.1) is 11.3 Å². The number of carbonyl (C=O) groups excluding carboxylic acids is 2. The maximum atomic E-state index is 12.8. The molecular formula is C18H22FN3O3S. The molecule has 1 aromatic carbocycles. The number of rotatable bonds is 9. The van der Waals surface area contributed by atoms with E-state index in [2.05, 4.69) is 29.5 Å². The lowest BCUT2D eigenvalue weighted by molar-refractivity contribution is -0.124. The van der Waals surface area contributed by atoms with Crippen LogP contribution >= 0.6 is 11.3 Å². The first-order valence-electron chi connectivity index (χ1n) is 8.31. The summed E-state index contributed by atoms with van der Waals surface area (Å²) in [7, 11) is 0. The standard InChI is InChI=1S/C18H22FN3O3S/c1-12(2)7-8-20-18-22-15(11-26-18)17(24)25-10-16(23)21-9-13-3-5-14(19)6-4-13/h3-6,11-12H,7-10H2,1-2H3,(H,20,22)(H,21,23). The quantitative estimate of drug-likeness (QED) is 0.654. The predicted molar refractivity (Wildman–Crippen MR) is 98.6 cm³/mol. The number of thiazole rings is 1. The first-order chi connectivity index (χ1) is 12.4. The highest BCUT2D eigenvalue weighted by molar-refractivity contribution is 7.13. The van der Waals surface area contributed by atoms with Gasteiger partial charge in [0.05, 0.1) is 0 Å². The van der Waals surface area contributed by atoms with Gasteiger partial charge in [-0.05, 0) is 30.0 Å². The molecule has 26 heavy (non-hydrogen) atoms. The molecule has 0 aliphatic rings. The first-order valence-corrected chi connectivity index (χ1v) is 9.19. The van der Waals surface area contributed by atoms with E-state index in [0.717, 1.165) is 18.5 Å². The molecule has 1 heterocycles. The third-order valence-electron chi connectivity index (χ3n) is 3.45. The monoisotopic (exact) mass is 379 g/mol. The third kappa shape index (κ3) is 6.79. The van der Waals surface area contributed by atoms with Gasteiger partial charge in [0, 0.05) is 18.5 Å². The summed E-state index contributed by atoms with van der Waals surface area (Å²) >= 11 is 1.32. The van der Waals surface area contributed by atoms with Crippen LogP contribution < -0.4 is 10.6 Å². The van der Waals surface area contributed by atoms with Gasteiger partial charge in [-0.1, -0.05) is 26.0 Å². The summed E-state index contributed by atoms with van der Waals surface area (Å²) in [4.78, 5) is 27.8. The zero-order valence-electron chi connectivity index (χ0n) is 14.8. The number of amides is 1. The second-order valence-corrected chi connectivity index (χ2v) is 6.98. The van der Waals surface area contributed by atoms with Crippen LogP contribution in [-0.4, -0.2) is 30.0 Å². The van der Waals surface area contributed by atoms with Crippen LogP contribution in [0.5, 0.6) is 0 Å². The molecule has 6 nitrogen and oxygen atoms in total. The Morgan fingerprint density at radius 3 is 2.69 bits per heavy atom. The minimum atomic E-state index is -0.643. The molecule has 1 aromatic heterocycles. The summed E-state index contributed by atoms with van der Waals surface area (Å²) in [5.74, 6) is -0.834. The second kappa shape index (κ2) is 9.86. The lowest BCUT2D eigenvalue weighted by Crippen LogP contribution is -2.28. The van der Waals surface area contributed by atoms with Crippen LogP contribution in [0.3, 0.4) is 0 Å². The number of carbonyl (C=O) groups is 2. The number of aromatic nitrogens is 1. The molecule has 0 atom stereocenters. The fraction of sp³-hybridized carbons (Fsp3) is 0.389. The molecular weight excluding hydrogens is 357 g/mol. The number of ether oxygens (including phenoxy) is 1. The largest absolute Gasteiger partial charge is 0.451 e. The molecule has 0 aliphatic heterocycles. The Labute approximate surface area is 155 Å². The molecule has 2 aromatic rings. The highest BCUT2D eigenvalue weighted by Crippen LogP contribution is 2.16. The van der Waals surface area contributed by atoms with E-state index >= 15 is 0 Å². The first kappa shape index (κ1) is 19.8. The van der Waals surface area contributed by atoms with Crippen molar-refractivity contribution < 1.29 is 18.7 Å². The van der Waals surface area contributed by atoms with Crippen LogP contribution in [0.25, 0.3) is 0 Å². The van der Waals surface area contributed by atoms with Crippen molar-refractivity contribution >= 4 is 28.3 Å². The average molecular weight is 379 g/mol. The molecule has 2 rings (SSSR count). The van der Waals surface area contributed by atoms with Crippen molar-refractivity contribution in [1.29, 1.82) is 0 Å². The van der Waals surface area contributed by atoms with E-state index in [-0.39, 0.29) is 18.1 Å². The van der Waals surface area contributed by atoms with Crippen LogP contribution in [0.15, 0.2) is 29.6 Å². The molecule has 0 spiro atoms. The molecule has 8 heteroatoms. The van der Waals surface area contributed by atoms with E-state index < -0.39 is 18.5 Å². The summed E-state index contributed by atoms with van der Waals surface area (Å²) in [6.45, 7) is 4.89. The Morgan fingerprint density at radius 2 is 2.00 bits per heavy atom. The van der Waals surface area contributed by atoms with Gasteiger partial charge in [0.25, 0.3) is 5.91 Å². The van der Waals surface area contributed by atoms with Crippen LogP contribution in [0.2, 0.25) is 0 Å². The Morgan fingerprint density at radius 1 is 1.27 bits per heavy atom. The van der Waals surface area contributed by atoms with E-state index in [0.29, 0.717) is 11.0 Å². The number of halogens is 1. The third-order valence-corrected chi connectivity index (χ3v) is 4.25. The summed E-state index contributed by atoms with van der Waals surface area (Å²) in [6, 6.07) is 5.78. The minimum absolute atomic E-state index is 0.174. The lowest BCUT2D eigenvalue weighted by Gasteiger charge is -2.06. The number of hydrogen-bond donors (Lipinski definition) is 2. The number of hydrogen-bond acceptors (Lipinski definition) is 6. The summed E-state index contributed by atoms with van der Waals surface area (Å²) < 4.78 is 17.8. The SMILES string of the molecule is CC(C)CCNc1nc(C(=O)OCC(=O)NCc2ccc(F)cc2)cs1. The molecule has 0 saturated carbocycles. The highest BCUT2D eigenvalue weighted by Gasteiger charge is 2.14. The second-order valence-electron chi connectivity index (χ2n) is 6.13. The number of anilines is 1. The van der Waals surface area contributed by atoms with E-state index in [1.165, 1.54) is 23.5 Å². The lowest BCUT2D eigenvalue weighted by atomic mass is 10.1. The van der Waals surface area contributed by atoms with Crippen LogP contribution in [0.1, 0.15) is 36.3 Å². The minimum Gasteiger partial charge on any atom is -0.451 e. The normalized spacial score (nSPS) is 10.6. The Bertz CT molecular complexity index is 732. The number of nitrogens with zero attached hydrogens (tertiary/aromatic N) is 1. The van der Waals surface area contributed by atoms with Crippen molar-refractivity contribution in [1.82, 2.24) is 10.3 Å². The van der Waals surface area contributed by atoms with Crippen LogP contribution in [-0.2, 0) is 16.1 Å². The van der Waals surface area contributed by atoms with Crippen molar-refractivity contribution in [2.24, 2.45) is 5.92 Å². The zero-order valence-corrected chi connectivity index (χ0v) is 15.6. The van der Waals surface area contributed by atoms with Crippen molar-refractivity contribution in [3.05, 3.63) is 46.7 Å². The molecule has 2 N–H and O–H groups in total. The molecule has 0 bridgehead atoms. The number of nitrogens with one attached hydrogen (secondary N) is 2. The Balaban J connectivity index is 1.71. The average Bonchev–Trinajstić information content (AvgIpc) is 3.08. The fourth-order valence-electron chi connectivity index (χ4n) is 1.98. The maximum absolute atomic E-state index is 12.8. The van der Waals surface area contributed by atoms with Crippen molar-refractivity contribution in [3.8, 4) is 0 Å². The van der Waals surface area contributed by atoms with E-state index in [4.69, 9.17) is 4.74 Å². The fourth-order valence-corrected chi connectivity index (χ4v) is 2.68. The van der Waals surface area contributed by atoms with Gasteiger partial charge in [-0.3, -0.25) is 4.79 Å². The zero-order chi connectivity index (χ0) is 18.9. The Hall–Kier alpha value is -2.48. The molecule has 0 saturated heterocycles. The Kier molecular flexibility index (Phi) is 7.53. The van der Waals surface area contributed by atoms with E-state index in [9.17, 15) is 14.0 Å². The van der Waals surface area contributed by atoms with Crippen molar-refractivity contribution in [2.45, 2.75) is 26.8 Å². The van der Waals surface area contributed by atoms with Gasteiger partial charge in [0.15, 0.2) is 17.4 Å². The molecule has 0 fully saturated rings. The maximum Gasteiger partial charge on any atom is 0.358 e.